The Labute approximate surface area is 98.7 Å². The second-order valence-electron chi connectivity index (χ2n) is 3.17. The van der Waals surface area contributed by atoms with E-state index in [1.807, 2.05) is 28.6 Å². The highest BCUT2D eigenvalue weighted by Crippen LogP contribution is 2.22. The minimum absolute atomic E-state index is 0.0564. The third kappa shape index (κ3) is 4.61. The highest BCUT2D eigenvalue weighted by atomic mass is 32.2. The summed E-state index contributed by atoms with van der Waals surface area (Å²) in [5.41, 5.74) is 6.29. The van der Waals surface area contributed by atoms with E-state index in [1.54, 1.807) is 0 Å². The third-order valence-electron chi connectivity index (χ3n) is 1.90. The molecule has 1 rings (SSSR count). The van der Waals surface area contributed by atoms with Crippen LogP contribution in [-0.2, 0) is 0 Å². The smallest absolute Gasteiger partial charge is 0.0947 e. The van der Waals surface area contributed by atoms with Gasteiger partial charge in [0.1, 0.15) is 0 Å². The summed E-state index contributed by atoms with van der Waals surface area (Å²) < 4.78 is 1.90. The highest BCUT2D eigenvalue weighted by molar-refractivity contribution is 7.97. The lowest BCUT2D eigenvalue weighted by Crippen LogP contribution is -2.22. The molecule has 0 aliphatic rings. The summed E-state index contributed by atoms with van der Waals surface area (Å²) in [6.45, 7) is 1.31. The molecule has 0 spiro atoms. The molecule has 0 bridgehead atoms. The molecule has 0 saturated carbocycles. The molecule has 0 atom stereocenters. The number of nitroso groups, excluding NO2 is 1. The van der Waals surface area contributed by atoms with Gasteiger partial charge in [-0.15, -0.1) is 0 Å². The van der Waals surface area contributed by atoms with Crippen molar-refractivity contribution in [3.8, 4) is 0 Å². The van der Waals surface area contributed by atoms with Crippen LogP contribution in [0.4, 0.5) is 5.69 Å². The Morgan fingerprint density at radius 1 is 1.31 bits per heavy atom. The Morgan fingerprint density at radius 2 is 2.00 bits per heavy atom. The minimum Gasteiger partial charge on any atom is -0.399 e. The molecule has 0 amide bonds. The van der Waals surface area contributed by atoms with Gasteiger partial charge in [-0.05, 0) is 36.2 Å². The second-order valence-corrected chi connectivity index (χ2v) is 4.34. The van der Waals surface area contributed by atoms with Crippen LogP contribution in [0.25, 0.3) is 0 Å². The van der Waals surface area contributed by atoms with Crippen LogP contribution in [0, 0.1) is 4.91 Å². The van der Waals surface area contributed by atoms with Crippen LogP contribution < -0.4 is 5.73 Å². The van der Waals surface area contributed by atoms with Crippen LogP contribution in [-0.4, -0.2) is 35.7 Å². The Morgan fingerprint density at radius 3 is 2.56 bits per heavy atom. The van der Waals surface area contributed by atoms with Crippen LogP contribution in [0.2, 0.25) is 0 Å². The number of hydrogen-bond donors (Lipinski definition) is 2. The van der Waals surface area contributed by atoms with Crippen LogP contribution in [0.15, 0.2) is 34.3 Å². The maximum absolute atomic E-state index is 10.0. The van der Waals surface area contributed by atoms with E-state index in [0.717, 1.165) is 4.90 Å². The molecule has 0 heterocycles. The van der Waals surface area contributed by atoms with E-state index in [0.29, 0.717) is 18.8 Å². The lowest BCUT2D eigenvalue weighted by Gasteiger charge is -2.18. The molecule has 0 aliphatic carbocycles. The van der Waals surface area contributed by atoms with Gasteiger partial charge in [0.25, 0.3) is 0 Å². The largest absolute Gasteiger partial charge is 0.399 e. The second kappa shape index (κ2) is 7.21. The minimum atomic E-state index is 0.0564. The summed E-state index contributed by atoms with van der Waals surface area (Å²) in [7, 11) is 0. The first kappa shape index (κ1) is 13.0. The third-order valence-corrected chi connectivity index (χ3v) is 3.01. The van der Waals surface area contributed by atoms with Gasteiger partial charge in [-0.2, -0.15) is 4.91 Å². The van der Waals surface area contributed by atoms with Gasteiger partial charge in [0.05, 0.1) is 13.2 Å². The molecule has 5 nitrogen and oxygen atoms in total. The topological polar surface area (TPSA) is 78.9 Å². The molecule has 0 saturated heterocycles. The van der Waals surface area contributed by atoms with Gasteiger partial charge in [0.15, 0.2) is 0 Å². The van der Waals surface area contributed by atoms with E-state index in [4.69, 9.17) is 10.8 Å². The van der Waals surface area contributed by atoms with E-state index in [1.165, 1.54) is 11.9 Å². The summed E-state index contributed by atoms with van der Waals surface area (Å²) >= 11 is 1.48. The monoisotopic (exact) mass is 241 g/mol. The number of nitrogens with zero attached hydrogens (tertiary/aromatic N) is 2. The van der Waals surface area contributed by atoms with Crippen LogP contribution in [0.3, 0.4) is 0 Å². The number of rotatable bonds is 7. The number of benzene rings is 1. The Bertz CT molecular complexity index is 318. The normalized spacial score (nSPS) is 10.6. The van der Waals surface area contributed by atoms with Crippen molar-refractivity contribution in [3.05, 3.63) is 29.2 Å². The summed E-state index contributed by atoms with van der Waals surface area (Å²) in [5, 5.41) is 11.7. The van der Waals surface area contributed by atoms with Crippen LogP contribution in [0.5, 0.6) is 0 Å². The van der Waals surface area contributed by atoms with Gasteiger partial charge in [0.2, 0.25) is 0 Å². The van der Waals surface area contributed by atoms with Gasteiger partial charge in [-0.1, -0.05) is 5.18 Å². The molecule has 88 valence electrons. The molecular weight excluding hydrogens is 226 g/mol. The fourth-order valence-electron chi connectivity index (χ4n) is 1.14. The molecule has 6 heteroatoms. The SMILES string of the molecule is Nc1ccc(SN(CCO)CCN=O)cc1. The van der Waals surface area contributed by atoms with Crippen molar-refractivity contribution in [2.24, 2.45) is 5.18 Å². The van der Waals surface area contributed by atoms with Crippen molar-refractivity contribution >= 4 is 17.6 Å². The van der Waals surface area contributed by atoms with Crippen molar-refractivity contribution in [3.63, 3.8) is 0 Å². The van der Waals surface area contributed by atoms with E-state index in [2.05, 4.69) is 5.18 Å². The molecule has 0 radical (unpaired) electrons. The average Bonchev–Trinajstić information content (AvgIpc) is 2.29. The van der Waals surface area contributed by atoms with Gasteiger partial charge >= 0.3 is 0 Å². The number of nitrogens with two attached hydrogens (primary N) is 1. The lowest BCUT2D eigenvalue weighted by molar-refractivity contribution is 0.263. The predicted molar refractivity (Wildman–Crippen MR) is 66.0 cm³/mol. The first-order chi connectivity index (χ1) is 7.76. The van der Waals surface area contributed by atoms with Gasteiger partial charge < -0.3 is 10.8 Å². The van der Waals surface area contributed by atoms with E-state index in [9.17, 15) is 4.91 Å². The number of hydrogen-bond acceptors (Lipinski definition) is 6. The molecular formula is C10H15N3O2S. The van der Waals surface area contributed by atoms with Crippen LogP contribution >= 0.6 is 11.9 Å². The maximum atomic E-state index is 10.0. The first-order valence-electron chi connectivity index (χ1n) is 4.94. The molecule has 0 unspecified atom stereocenters. The summed E-state index contributed by atoms with van der Waals surface area (Å²) in [6.07, 6.45) is 0. The molecule has 0 fully saturated rings. The zero-order chi connectivity index (χ0) is 11.8. The number of aliphatic hydroxyl groups excluding tert-OH is 1. The van der Waals surface area contributed by atoms with Crippen molar-refractivity contribution in [1.29, 1.82) is 0 Å². The predicted octanol–water partition coefficient (Wildman–Crippen LogP) is 1.34. The molecule has 0 aliphatic heterocycles. The standard InChI is InChI=1S/C10H15N3O2S/c11-9-1-3-10(4-2-9)16-13(7-8-14)6-5-12-15/h1-4,14H,5-8,11H2. The first-order valence-corrected chi connectivity index (χ1v) is 5.72. The van der Waals surface area contributed by atoms with Crippen LogP contribution in [0.1, 0.15) is 0 Å². The summed E-state index contributed by atoms with van der Waals surface area (Å²) in [6, 6.07) is 7.44. The number of nitrogen functional groups attached to an aromatic ring is 1. The van der Waals surface area contributed by atoms with Crippen molar-refractivity contribution in [2.75, 3.05) is 32.0 Å². The molecule has 1 aromatic rings. The molecule has 16 heavy (non-hydrogen) atoms. The Hall–Kier alpha value is -1.11. The zero-order valence-corrected chi connectivity index (χ0v) is 9.69. The van der Waals surface area contributed by atoms with Gasteiger partial charge in [-0.3, -0.25) is 0 Å². The zero-order valence-electron chi connectivity index (χ0n) is 8.87. The van der Waals surface area contributed by atoms with Gasteiger partial charge in [-0.25, -0.2) is 4.31 Å². The maximum Gasteiger partial charge on any atom is 0.0947 e. The quantitative estimate of drug-likeness (QED) is 0.428. The van der Waals surface area contributed by atoms with Gasteiger partial charge in [0, 0.05) is 23.7 Å². The highest BCUT2D eigenvalue weighted by Gasteiger charge is 2.06. The Balaban J connectivity index is 2.52. The molecule has 3 N–H and O–H groups in total. The van der Waals surface area contributed by atoms with E-state index in [-0.39, 0.29) is 13.2 Å². The summed E-state index contributed by atoms with van der Waals surface area (Å²) in [4.78, 5) is 11.1. The number of anilines is 1. The Kier molecular flexibility index (Phi) is 5.84. The van der Waals surface area contributed by atoms with Crippen molar-refractivity contribution < 1.29 is 5.11 Å². The fraction of sp³-hybridized carbons (Fsp3) is 0.400. The fourth-order valence-corrected chi connectivity index (χ4v) is 2.05. The van der Waals surface area contributed by atoms with Crippen molar-refractivity contribution in [1.82, 2.24) is 4.31 Å². The molecule has 0 aromatic heterocycles. The van der Waals surface area contributed by atoms with E-state index < -0.39 is 0 Å². The lowest BCUT2D eigenvalue weighted by atomic mass is 10.3. The average molecular weight is 241 g/mol. The van der Waals surface area contributed by atoms with E-state index >= 15 is 0 Å². The number of aliphatic hydroxyl groups is 1. The van der Waals surface area contributed by atoms with Crippen molar-refractivity contribution in [2.45, 2.75) is 4.90 Å². The summed E-state index contributed by atoms with van der Waals surface area (Å²) in [5.74, 6) is 0. The molecule has 1 aromatic carbocycles.